The van der Waals surface area contributed by atoms with Crippen LogP contribution in [-0.2, 0) is 6.54 Å². The van der Waals surface area contributed by atoms with Gasteiger partial charge in [-0.25, -0.2) is 0 Å². The van der Waals surface area contributed by atoms with Crippen LogP contribution in [0, 0.1) is 19.8 Å². The van der Waals surface area contributed by atoms with E-state index in [4.69, 9.17) is 5.73 Å². The van der Waals surface area contributed by atoms with Crippen molar-refractivity contribution in [1.29, 1.82) is 0 Å². The highest BCUT2D eigenvalue weighted by molar-refractivity contribution is 5.85. The molecule has 0 bridgehead atoms. The standard InChI is InChI=1S/C15H24N2.ClH/c1-12-4-3-5-15(13(12)2)11-17-8-6-14(10-16)7-9-17;/h3-5,14H,6-11,16H2,1-2H3;1H. The Kier molecular flexibility index (Phi) is 6.13. The van der Waals surface area contributed by atoms with Crippen molar-refractivity contribution in [3.05, 3.63) is 34.9 Å². The van der Waals surface area contributed by atoms with Gasteiger partial charge in [-0.15, -0.1) is 12.4 Å². The van der Waals surface area contributed by atoms with Crippen LogP contribution in [0.3, 0.4) is 0 Å². The van der Waals surface area contributed by atoms with Gasteiger partial charge in [0, 0.05) is 6.54 Å². The highest BCUT2D eigenvalue weighted by Gasteiger charge is 2.18. The van der Waals surface area contributed by atoms with Gasteiger partial charge >= 0.3 is 0 Å². The van der Waals surface area contributed by atoms with Crippen LogP contribution in [-0.4, -0.2) is 24.5 Å². The van der Waals surface area contributed by atoms with E-state index in [1.54, 1.807) is 0 Å². The normalized spacial score (nSPS) is 17.5. The number of piperidine rings is 1. The summed E-state index contributed by atoms with van der Waals surface area (Å²) in [7, 11) is 0. The predicted molar refractivity (Wildman–Crippen MR) is 80.2 cm³/mol. The molecule has 0 spiro atoms. The molecule has 1 saturated heterocycles. The number of hydrogen-bond acceptors (Lipinski definition) is 2. The van der Waals surface area contributed by atoms with Crippen molar-refractivity contribution in [2.45, 2.75) is 33.2 Å². The summed E-state index contributed by atoms with van der Waals surface area (Å²) in [5.74, 6) is 0.754. The molecule has 2 rings (SSSR count). The molecule has 1 fully saturated rings. The second-order valence-corrected chi connectivity index (χ2v) is 5.31. The molecule has 1 aliphatic rings. The van der Waals surface area contributed by atoms with E-state index in [1.165, 1.54) is 42.6 Å². The minimum absolute atomic E-state index is 0. The number of rotatable bonds is 3. The van der Waals surface area contributed by atoms with Crippen LogP contribution in [0.25, 0.3) is 0 Å². The SMILES string of the molecule is Cc1cccc(CN2CCC(CN)CC2)c1C.Cl. The molecule has 2 nitrogen and oxygen atoms in total. The van der Waals surface area contributed by atoms with E-state index in [-0.39, 0.29) is 12.4 Å². The first-order chi connectivity index (χ1) is 8.20. The fraction of sp³-hybridized carbons (Fsp3) is 0.600. The van der Waals surface area contributed by atoms with Crippen molar-refractivity contribution in [2.24, 2.45) is 11.7 Å². The zero-order valence-corrected chi connectivity index (χ0v) is 12.3. The van der Waals surface area contributed by atoms with Crippen LogP contribution < -0.4 is 5.73 Å². The summed E-state index contributed by atoms with van der Waals surface area (Å²) >= 11 is 0. The van der Waals surface area contributed by atoms with Gasteiger partial charge < -0.3 is 5.73 Å². The van der Waals surface area contributed by atoms with Crippen molar-refractivity contribution >= 4 is 12.4 Å². The van der Waals surface area contributed by atoms with Crippen LogP contribution in [0.5, 0.6) is 0 Å². The molecular formula is C15H25ClN2. The minimum atomic E-state index is 0. The van der Waals surface area contributed by atoms with E-state index in [1.807, 2.05) is 0 Å². The molecule has 1 aromatic rings. The Morgan fingerprint density at radius 2 is 1.89 bits per heavy atom. The van der Waals surface area contributed by atoms with E-state index >= 15 is 0 Å². The van der Waals surface area contributed by atoms with Gasteiger partial charge in [0.15, 0.2) is 0 Å². The molecule has 3 heteroatoms. The summed E-state index contributed by atoms with van der Waals surface area (Å²) < 4.78 is 0. The Labute approximate surface area is 117 Å². The van der Waals surface area contributed by atoms with Gasteiger partial charge in [0.25, 0.3) is 0 Å². The monoisotopic (exact) mass is 268 g/mol. The average Bonchev–Trinajstić information content (AvgIpc) is 2.36. The lowest BCUT2D eigenvalue weighted by molar-refractivity contribution is 0.180. The van der Waals surface area contributed by atoms with Crippen molar-refractivity contribution in [2.75, 3.05) is 19.6 Å². The van der Waals surface area contributed by atoms with E-state index in [0.29, 0.717) is 0 Å². The number of hydrogen-bond donors (Lipinski definition) is 1. The van der Waals surface area contributed by atoms with Gasteiger partial charge in [0.1, 0.15) is 0 Å². The van der Waals surface area contributed by atoms with E-state index < -0.39 is 0 Å². The number of nitrogens with zero attached hydrogens (tertiary/aromatic N) is 1. The van der Waals surface area contributed by atoms with Crippen molar-refractivity contribution in [3.63, 3.8) is 0 Å². The summed E-state index contributed by atoms with van der Waals surface area (Å²) in [5.41, 5.74) is 10.1. The highest BCUT2D eigenvalue weighted by Crippen LogP contribution is 2.20. The quantitative estimate of drug-likeness (QED) is 0.913. The molecule has 0 saturated carbocycles. The third-order valence-corrected chi connectivity index (χ3v) is 4.15. The first kappa shape index (κ1) is 15.5. The Hall–Kier alpha value is -0.570. The summed E-state index contributed by atoms with van der Waals surface area (Å²) in [6.07, 6.45) is 2.53. The van der Waals surface area contributed by atoms with Crippen molar-refractivity contribution in [3.8, 4) is 0 Å². The molecule has 0 aromatic heterocycles. The largest absolute Gasteiger partial charge is 0.330 e. The number of likely N-dealkylation sites (tertiary alicyclic amines) is 1. The van der Waals surface area contributed by atoms with Crippen LogP contribution >= 0.6 is 12.4 Å². The highest BCUT2D eigenvalue weighted by atomic mass is 35.5. The van der Waals surface area contributed by atoms with E-state index in [9.17, 15) is 0 Å². The van der Waals surface area contributed by atoms with Crippen LogP contribution in [0.1, 0.15) is 29.5 Å². The minimum Gasteiger partial charge on any atom is -0.330 e. The van der Waals surface area contributed by atoms with Gasteiger partial charge in [-0.3, -0.25) is 4.90 Å². The van der Waals surface area contributed by atoms with Gasteiger partial charge in [0.2, 0.25) is 0 Å². The maximum absolute atomic E-state index is 5.73. The van der Waals surface area contributed by atoms with Crippen LogP contribution in [0.2, 0.25) is 0 Å². The summed E-state index contributed by atoms with van der Waals surface area (Å²) in [6.45, 7) is 8.80. The lowest BCUT2D eigenvalue weighted by Crippen LogP contribution is -2.35. The molecule has 2 N–H and O–H groups in total. The third-order valence-electron chi connectivity index (χ3n) is 4.15. The average molecular weight is 269 g/mol. The Morgan fingerprint density at radius 3 is 2.50 bits per heavy atom. The zero-order valence-electron chi connectivity index (χ0n) is 11.5. The Morgan fingerprint density at radius 1 is 1.22 bits per heavy atom. The first-order valence-electron chi connectivity index (χ1n) is 6.68. The molecule has 1 aliphatic heterocycles. The summed E-state index contributed by atoms with van der Waals surface area (Å²) in [4.78, 5) is 2.56. The smallest absolute Gasteiger partial charge is 0.0236 e. The van der Waals surface area contributed by atoms with Crippen LogP contribution in [0.4, 0.5) is 0 Å². The van der Waals surface area contributed by atoms with E-state index in [0.717, 1.165) is 19.0 Å². The second-order valence-electron chi connectivity index (χ2n) is 5.31. The molecular weight excluding hydrogens is 244 g/mol. The molecule has 0 radical (unpaired) electrons. The predicted octanol–water partition coefficient (Wildman–Crippen LogP) is 2.90. The number of benzene rings is 1. The first-order valence-corrected chi connectivity index (χ1v) is 6.68. The molecule has 0 aliphatic carbocycles. The third kappa shape index (κ3) is 3.71. The molecule has 0 unspecified atom stereocenters. The van der Waals surface area contributed by atoms with E-state index in [2.05, 4.69) is 36.9 Å². The Balaban J connectivity index is 0.00000162. The van der Waals surface area contributed by atoms with Gasteiger partial charge in [-0.2, -0.15) is 0 Å². The molecule has 0 amide bonds. The molecule has 18 heavy (non-hydrogen) atoms. The maximum atomic E-state index is 5.73. The number of halogens is 1. The maximum Gasteiger partial charge on any atom is 0.0236 e. The zero-order chi connectivity index (χ0) is 12.3. The summed E-state index contributed by atoms with van der Waals surface area (Å²) in [5, 5.41) is 0. The lowest BCUT2D eigenvalue weighted by Gasteiger charge is -2.31. The number of aryl methyl sites for hydroxylation is 1. The lowest BCUT2D eigenvalue weighted by atomic mass is 9.96. The molecule has 1 heterocycles. The molecule has 102 valence electrons. The van der Waals surface area contributed by atoms with Crippen molar-refractivity contribution in [1.82, 2.24) is 4.90 Å². The molecule has 1 aromatic carbocycles. The topological polar surface area (TPSA) is 29.3 Å². The Bertz CT molecular complexity index is 371. The van der Waals surface area contributed by atoms with Gasteiger partial charge in [0.05, 0.1) is 0 Å². The fourth-order valence-corrected chi connectivity index (χ4v) is 2.60. The van der Waals surface area contributed by atoms with Crippen molar-refractivity contribution < 1.29 is 0 Å². The summed E-state index contributed by atoms with van der Waals surface area (Å²) in [6, 6.07) is 6.63. The van der Waals surface area contributed by atoms with Gasteiger partial charge in [-0.1, -0.05) is 18.2 Å². The van der Waals surface area contributed by atoms with Crippen LogP contribution in [0.15, 0.2) is 18.2 Å². The fourth-order valence-electron chi connectivity index (χ4n) is 2.60. The second kappa shape index (κ2) is 7.13. The van der Waals surface area contributed by atoms with Gasteiger partial charge in [-0.05, 0) is 68.9 Å². The molecule has 0 atom stereocenters. The number of nitrogens with two attached hydrogens (primary N) is 1.